The first-order chi connectivity index (χ1) is 12.0. The van der Waals surface area contributed by atoms with Gasteiger partial charge in [-0.25, -0.2) is 0 Å². The summed E-state index contributed by atoms with van der Waals surface area (Å²) >= 11 is 0. The molecule has 0 aliphatic heterocycles. The summed E-state index contributed by atoms with van der Waals surface area (Å²) in [4.78, 5) is 12.3. The molecule has 2 nitrogen and oxygen atoms in total. The van der Waals surface area contributed by atoms with Crippen LogP contribution in [0.5, 0.6) is 5.75 Å². The number of methoxy groups -OCH3 is 1. The first-order valence-corrected chi connectivity index (χ1v) is 8.51. The van der Waals surface area contributed by atoms with Crippen molar-refractivity contribution < 1.29 is 9.53 Å². The van der Waals surface area contributed by atoms with E-state index in [1.165, 1.54) is 0 Å². The molecule has 0 bridgehead atoms. The molecule has 0 saturated carbocycles. The SMILES string of the molecule is COc1ccc(C#CC2(C)CCC(=O)C(C)=C2c2ccccc2)cc1. The predicted octanol–water partition coefficient (Wildman–Crippen LogP) is 4.89. The fourth-order valence-electron chi connectivity index (χ4n) is 3.38. The van der Waals surface area contributed by atoms with Gasteiger partial charge in [0, 0.05) is 12.0 Å². The molecular formula is C23H22O2. The second kappa shape index (κ2) is 6.99. The summed E-state index contributed by atoms with van der Waals surface area (Å²) in [6.07, 6.45) is 1.30. The molecule has 2 aromatic rings. The number of allylic oxidation sites excluding steroid dienone is 2. The maximum absolute atomic E-state index is 12.3. The minimum absolute atomic E-state index is 0.225. The van der Waals surface area contributed by atoms with Crippen LogP contribution in [0, 0.1) is 17.3 Å². The molecule has 0 saturated heterocycles. The van der Waals surface area contributed by atoms with E-state index in [1.807, 2.05) is 49.4 Å². The zero-order valence-electron chi connectivity index (χ0n) is 14.9. The highest BCUT2D eigenvalue weighted by Crippen LogP contribution is 2.44. The summed E-state index contributed by atoms with van der Waals surface area (Å²) in [5.74, 6) is 7.79. The minimum Gasteiger partial charge on any atom is -0.497 e. The van der Waals surface area contributed by atoms with Crippen LogP contribution in [0.2, 0.25) is 0 Å². The third-order valence-electron chi connectivity index (χ3n) is 4.83. The first kappa shape index (κ1) is 17.0. The van der Waals surface area contributed by atoms with Gasteiger partial charge in [-0.05, 0) is 61.2 Å². The van der Waals surface area contributed by atoms with Gasteiger partial charge >= 0.3 is 0 Å². The molecule has 1 unspecified atom stereocenters. The van der Waals surface area contributed by atoms with Crippen LogP contribution in [0.15, 0.2) is 60.2 Å². The highest BCUT2D eigenvalue weighted by atomic mass is 16.5. The second-order valence-electron chi connectivity index (χ2n) is 6.60. The van der Waals surface area contributed by atoms with Crippen LogP contribution in [0.3, 0.4) is 0 Å². The number of ketones is 1. The molecule has 3 rings (SSSR count). The van der Waals surface area contributed by atoms with Crippen molar-refractivity contribution in [3.63, 3.8) is 0 Å². The minimum atomic E-state index is -0.334. The van der Waals surface area contributed by atoms with Crippen molar-refractivity contribution in [1.29, 1.82) is 0 Å². The van der Waals surface area contributed by atoms with Crippen LogP contribution in [-0.2, 0) is 4.79 Å². The molecule has 1 atom stereocenters. The van der Waals surface area contributed by atoms with E-state index in [-0.39, 0.29) is 11.2 Å². The number of Topliss-reactive ketones (excluding diaryl/α,β-unsaturated/α-hetero) is 1. The zero-order chi connectivity index (χ0) is 17.9. The smallest absolute Gasteiger partial charge is 0.158 e. The van der Waals surface area contributed by atoms with Crippen LogP contribution in [0.1, 0.15) is 37.8 Å². The molecule has 126 valence electrons. The lowest BCUT2D eigenvalue weighted by molar-refractivity contribution is -0.116. The summed E-state index contributed by atoms with van der Waals surface area (Å²) in [5.41, 5.74) is 3.59. The normalized spacial score (nSPS) is 20.0. The highest BCUT2D eigenvalue weighted by molar-refractivity contribution is 6.05. The Morgan fingerprint density at radius 3 is 2.36 bits per heavy atom. The fraction of sp³-hybridized carbons (Fsp3) is 0.261. The molecule has 0 radical (unpaired) electrons. The molecular weight excluding hydrogens is 308 g/mol. The molecule has 2 heteroatoms. The van der Waals surface area contributed by atoms with E-state index in [1.54, 1.807) is 7.11 Å². The van der Waals surface area contributed by atoms with Gasteiger partial charge in [0.2, 0.25) is 0 Å². The number of carbonyl (C=O) groups is 1. The van der Waals surface area contributed by atoms with Crippen LogP contribution in [0.4, 0.5) is 0 Å². The monoisotopic (exact) mass is 330 g/mol. The van der Waals surface area contributed by atoms with Gasteiger partial charge in [0.1, 0.15) is 5.75 Å². The van der Waals surface area contributed by atoms with Crippen molar-refractivity contribution in [2.45, 2.75) is 26.7 Å². The molecule has 1 aliphatic rings. The highest BCUT2D eigenvalue weighted by Gasteiger charge is 2.35. The van der Waals surface area contributed by atoms with Crippen molar-refractivity contribution in [2.24, 2.45) is 5.41 Å². The molecule has 0 spiro atoms. The van der Waals surface area contributed by atoms with Crippen molar-refractivity contribution in [3.8, 4) is 17.6 Å². The molecule has 1 aliphatic carbocycles. The topological polar surface area (TPSA) is 26.3 Å². The summed E-state index contributed by atoms with van der Waals surface area (Å²) in [7, 11) is 1.65. The van der Waals surface area contributed by atoms with Gasteiger partial charge in [-0.1, -0.05) is 42.2 Å². The molecule has 0 fully saturated rings. The van der Waals surface area contributed by atoms with E-state index in [0.29, 0.717) is 6.42 Å². The quantitative estimate of drug-likeness (QED) is 0.733. The Kier molecular flexibility index (Phi) is 4.76. The van der Waals surface area contributed by atoms with E-state index in [2.05, 4.69) is 30.9 Å². The maximum atomic E-state index is 12.3. The Morgan fingerprint density at radius 1 is 1.04 bits per heavy atom. The van der Waals surface area contributed by atoms with Crippen molar-refractivity contribution >= 4 is 11.4 Å². The second-order valence-corrected chi connectivity index (χ2v) is 6.60. The van der Waals surface area contributed by atoms with Crippen molar-refractivity contribution in [2.75, 3.05) is 7.11 Å². The van der Waals surface area contributed by atoms with E-state index < -0.39 is 0 Å². The number of hydrogen-bond donors (Lipinski definition) is 0. The average molecular weight is 330 g/mol. The van der Waals surface area contributed by atoms with Crippen LogP contribution >= 0.6 is 0 Å². The standard InChI is InChI=1S/C23H22O2/c1-17-21(24)14-16-23(2,22(17)19-7-5-4-6-8-19)15-13-18-9-11-20(25-3)12-10-18/h4-12H,14,16H2,1-3H3. The van der Waals surface area contributed by atoms with Crippen LogP contribution in [0.25, 0.3) is 5.57 Å². The number of rotatable bonds is 2. The van der Waals surface area contributed by atoms with Crippen molar-refractivity contribution in [3.05, 3.63) is 71.3 Å². The Balaban J connectivity index is 2.03. The third kappa shape index (κ3) is 3.51. The Labute approximate surface area is 149 Å². The van der Waals surface area contributed by atoms with Gasteiger partial charge < -0.3 is 4.74 Å². The predicted molar refractivity (Wildman–Crippen MR) is 101 cm³/mol. The molecule has 0 amide bonds. The number of benzene rings is 2. The van der Waals surface area contributed by atoms with E-state index in [0.717, 1.165) is 34.4 Å². The average Bonchev–Trinajstić information content (AvgIpc) is 2.65. The first-order valence-electron chi connectivity index (χ1n) is 8.51. The summed E-state index contributed by atoms with van der Waals surface area (Å²) < 4.78 is 5.19. The Bertz CT molecular complexity index is 864. The van der Waals surface area contributed by atoms with Gasteiger partial charge in [0.15, 0.2) is 5.78 Å². The van der Waals surface area contributed by atoms with Gasteiger partial charge in [0.05, 0.1) is 12.5 Å². The molecule has 0 aromatic heterocycles. The maximum Gasteiger partial charge on any atom is 0.158 e. The van der Waals surface area contributed by atoms with Gasteiger partial charge in [0.25, 0.3) is 0 Å². The number of hydrogen-bond acceptors (Lipinski definition) is 2. The summed E-state index contributed by atoms with van der Waals surface area (Å²) in [5, 5.41) is 0. The molecule has 0 heterocycles. The largest absolute Gasteiger partial charge is 0.497 e. The molecule has 2 aromatic carbocycles. The van der Waals surface area contributed by atoms with E-state index >= 15 is 0 Å². The van der Waals surface area contributed by atoms with Crippen LogP contribution in [-0.4, -0.2) is 12.9 Å². The number of ether oxygens (including phenoxy) is 1. The lowest BCUT2D eigenvalue weighted by atomic mass is 9.69. The van der Waals surface area contributed by atoms with Gasteiger partial charge in [-0.2, -0.15) is 0 Å². The summed E-state index contributed by atoms with van der Waals surface area (Å²) in [6, 6.07) is 17.9. The Morgan fingerprint density at radius 2 is 1.72 bits per heavy atom. The van der Waals surface area contributed by atoms with Crippen molar-refractivity contribution in [1.82, 2.24) is 0 Å². The third-order valence-corrected chi connectivity index (χ3v) is 4.83. The van der Waals surface area contributed by atoms with E-state index in [4.69, 9.17) is 4.74 Å². The van der Waals surface area contributed by atoms with Crippen LogP contribution < -0.4 is 4.74 Å². The lowest BCUT2D eigenvalue weighted by Gasteiger charge is -2.33. The molecule has 25 heavy (non-hydrogen) atoms. The molecule has 0 N–H and O–H groups in total. The number of carbonyl (C=O) groups excluding carboxylic acids is 1. The van der Waals surface area contributed by atoms with E-state index in [9.17, 15) is 4.79 Å². The lowest BCUT2D eigenvalue weighted by Crippen LogP contribution is -2.26. The fourth-order valence-corrected chi connectivity index (χ4v) is 3.38. The summed E-state index contributed by atoms with van der Waals surface area (Å²) in [6.45, 7) is 4.07. The Hall–Kier alpha value is -2.79. The van der Waals surface area contributed by atoms with Gasteiger partial charge in [-0.3, -0.25) is 4.79 Å². The zero-order valence-corrected chi connectivity index (χ0v) is 14.9. The van der Waals surface area contributed by atoms with Gasteiger partial charge in [-0.15, -0.1) is 0 Å².